The zero-order chi connectivity index (χ0) is 22.0. The van der Waals surface area contributed by atoms with Gasteiger partial charge in [-0.25, -0.2) is 0 Å². The largest absolute Gasteiger partial charge is 0.357 e. The Morgan fingerprint density at radius 3 is 2.82 bits per heavy atom. The molecular weight excluding hydrogens is 529 g/mol. The van der Waals surface area contributed by atoms with Gasteiger partial charge in [-0.3, -0.25) is 14.9 Å². The van der Waals surface area contributed by atoms with E-state index in [2.05, 4.69) is 67.9 Å². The molecule has 1 aromatic carbocycles. The van der Waals surface area contributed by atoms with Crippen LogP contribution >= 0.6 is 24.0 Å². The number of pyridine rings is 1. The first kappa shape index (κ1) is 25.1. The van der Waals surface area contributed by atoms with Crippen molar-refractivity contribution in [2.24, 2.45) is 4.99 Å². The maximum Gasteiger partial charge on any atom is 0.276 e. The SMILES string of the molecule is CCNC(=NCCc1noc(-c2ccccn2)n1)NC1CCCN(Cc2ccccc2)C1.I. The first-order valence-corrected chi connectivity index (χ1v) is 11.4. The molecule has 1 fully saturated rings. The summed E-state index contributed by atoms with van der Waals surface area (Å²) in [6.45, 7) is 6.62. The van der Waals surface area contributed by atoms with E-state index in [4.69, 9.17) is 9.52 Å². The van der Waals surface area contributed by atoms with E-state index in [1.807, 2.05) is 18.2 Å². The third-order valence-corrected chi connectivity index (χ3v) is 5.40. The van der Waals surface area contributed by atoms with Gasteiger partial charge in [0.15, 0.2) is 11.8 Å². The zero-order valence-electron chi connectivity index (χ0n) is 19.0. The van der Waals surface area contributed by atoms with Crippen molar-refractivity contribution in [2.45, 2.75) is 38.8 Å². The van der Waals surface area contributed by atoms with Crippen LogP contribution in [-0.2, 0) is 13.0 Å². The summed E-state index contributed by atoms with van der Waals surface area (Å²) >= 11 is 0. The van der Waals surface area contributed by atoms with Crippen LogP contribution in [-0.4, -0.2) is 58.2 Å². The van der Waals surface area contributed by atoms with Gasteiger partial charge in [0, 0.05) is 44.8 Å². The lowest BCUT2D eigenvalue weighted by Gasteiger charge is -2.34. The number of aliphatic imine (C=N–C) groups is 1. The Balaban J connectivity index is 0.00000306. The van der Waals surface area contributed by atoms with Crippen molar-refractivity contribution in [3.05, 3.63) is 66.1 Å². The predicted molar refractivity (Wildman–Crippen MR) is 141 cm³/mol. The molecule has 33 heavy (non-hydrogen) atoms. The highest BCUT2D eigenvalue weighted by Gasteiger charge is 2.20. The third-order valence-electron chi connectivity index (χ3n) is 5.40. The monoisotopic (exact) mass is 561 g/mol. The number of nitrogens with one attached hydrogen (secondary N) is 2. The van der Waals surface area contributed by atoms with Crippen LogP contribution in [0.1, 0.15) is 31.2 Å². The molecule has 8 nitrogen and oxygen atoms in total. The molecule has 176 valence electrons. The van der Waals surface area contributed by atoms with Gasteiger partial charge in [-0.05, 0) is 44.0 Å². The Bertz CT molecular complexity index is 981. The second kappa shape index (κ2) is 13.2. The molecule has 0 spiro atoms. The van der Waals surface area contributed by atoms with E-state index in [9.17, 15) is 0 Å². The Kier molecular flexibility index (Phi) is 10.1. The van der Waals surface area contributed by atoms with Gasteiger partial charge < -0.3 is 15.2 Å². The molecule has 1 aliphatic heterocycles. The quantitative estimate of drug-likeness (QED) is 0.247. The molecule has 9 heteroatoms. The number of nitrogens with zero attached hydrogens (tertiary/aromatic N) is 5. The molecule has 0 amide bonds. The van der Waals surface area contributed by atoms with E-state index in [-0.39, 0.29) is 24.0 Å². The first-order valence-electron chi connectivity index (χ1n) is 11.4. The molecule has 0 saturated carbocycles. The molecule has 4 rings (SSSR count). The standard InChI is InChI=1S/C24H31N7O.HI/c1-2-25-24(27-15-13-22-29-23(32-30-22)21-12-6-7-14-26-21)28-20-11-8-16-31(18-20)17-19-9-4-3-5-10-19;/h3-7,9-10,12,14,20H,2,8,11,13,15-18H2,1H3,(H2,25,27,28);1H. The predicted octanol–water partition coefficient (Wildman–Crippen LogP) is 3.51. The summed E-state index contributed by atoms with van der Waals surface area (Å²) in [5.74, 6) is 1.92. The number of rotatable bonds is 8. The topological polar surface area (TPSA) is 91.5 Å². The van der Waals surface area contributed by atoms with Crippen LogP contribution in [0, 0.1) is 0 Å². The highest BCUT2D eigenvalue weighted by atomic mass is 127. The Labute approximate surface area is 212 Å². The van der Waals surface area contributed by atoms with E-state index in [0.717, 1.165) is 38.6 Å². The fraction of sp³-hybridized carbons (Fsp3) is 0.417. The highest BCUT2D eigenvalue weighted by Crippen LogP contribution is 2.14. The van der Waals surface area contributed by atoms with E-state index in [1.54, 1.807) is 6.20 Å². The van der Waals surface area contributed by atoms with Gasteiger partial charge in [-0.1, -0.05) is 41.6 Å². The zero-order valence-corrected chi connectivity index (χ0v) is 21.3. The lowest BCUT2D eigenvalue weighted by Crippen LogP contribution is -2.51. The maximum absolute atomic E-state index is 5.33. The molecule has 2 N–H and O–H groups in total. The third kappa shape index (κ3) is 7.78. The summed E-state index contributed by atoms with van der Waals surface area (Å²) in [6.07, 6.45) is 4.65. The molecule has 0 bridgehead atoms. The highest BCUT2D eigenvalue weighted by molar-refractivity contribution is 14.0. The number of hydrogen-bond acceptors (Lipinski definition) is 6. The number of hydrogen-bond donors (Lipinski definition) is 2. The Morgan fingerprint density at radius 2 is 2.03 bits per heavy atom. The van der Waals surface area contributed by atoms with Gasteiger partial charge in [0.2, 0.25) is 0 Å². The van der Waals surface area contributed by atoms with Crippen LogP contribution in [0.4, 0.5) is 0 Å². The van der Waals surface area contributed by atoms with Crippen molar-refractivity contribution in [2.75, 3.05) is 26.2 Å². The number of likely N-dealkylation sites (tertiary alicyclic amines) is 1. The van der Waals surface area contributed by atoms with E-state index in [0.29, 0.717) is 36.4 Å². The van der Waals surface area contributed by atoms with Crippen molar-refractivity contribution in [1.82, 2.24) is 30.7 Å². The minimum absolute atomic E-state index is 0. The van der Waals surface area contributed by atoms with Crippen LogP contribution in [0.25, 0.3) is 11.6 Å². The first-order chi connectivity index (χ1) is 15.8. The fourth-order valence-electron chi connectivity index (χ4n) is 3.89. The molecule has 3 heterocycles. The maximum atomic E-state index is 5.33. The van der Waals surface area contributed by atoms with Gasteiger partial charge >= 0.3 is 0 Å². The van der Waals surface area contributed by atoms with Gasteiger partial charge in [-0.15, -0.1) is 24.0 Å². The van der Waals surface area contributed by atoms with Crippen LogP contribution in [0.15, 0.2) is 64.2 Å². The molecule has 2 aromatic heterocycles. The normalized spacial score (nSPS) is 16.8. The molecule has 3 aromatic rings. The number of piperidine rings is 1. The molecule has 1 atom stereocenters. The summed E-state index contributed by atoms with van der Waals surface area (Å²) in [5, 5.41) is 11.0. The van der Waals surface area contributed by atoms with Crippen LogP contribution in [0.2, 0.25) is 0 Å². The molecule has 1 unspecified atom stereocenters. The van der Waals surface area contributed by atoms with Gasteiger partial charge in [0.1, 0.15) is 5.69 Å². The molecule has 1 aliphatic rings. The van der Waals surface area contributed by atoms with Gasteiger partial charge in [-0.2, -0.15) is 4.98 Å². The number of guanidine groups is 1. The van der Waals surface area contributed by atoms with Crippen LogP contribution in [0.3, 0.4) is 0 Å². The second-order valence-electron chi connectivity index (χ2n) is 7.95. The minimum atomic E-state index is 0. The van der Waals surface area contributed by atoms with Crippen LogP contribution < -0.4 is 10.6 Å². The number of benzene rings is 1. The Hall–Kier alpha value is -2.53. The molecule has 0 radical (unpaired) electrons. The molecule has 0 aliphatic carbocycles. The van der Waals surface area contributed by atoms with E-state index in [1.165, 1.54) is 12.0 Å². The second-order valence-corrected chi connectivity index (χ2v) is 7.95. The summed E-state index contributed by atoms with van der Waals surface area (Å²) in [5.41, 5.74) is 2.04. The van der Waals surface area contributed by atoms with E-state index >= 15 is 0 Å². The average molecular weight is 561 g/mol. The summed E-state index contributed by atoms with van der Waals surface area (Å²) in [6, 6.07) is 16.7. The number of aromatic nitrogens is 3. The van der Waals surface area contributed by atoms with Crippen LogP contribution in [0.5, 0.6) is 0 Å². The van der Waals surface area contributed by atoms with Gasteiger partial charge in [0.25, 0.3) is 5.89 Å². The van der Waals surface area contributed by atoms with Crippen molar-refractivity contribution < 1.29 is 4.52 Å². The van der Waals surface area contributed by atoms with Crippen molar-refractivity contribution in [3.8, 4) is 11.6 Å². The van der Waals surface area contributed by atoms with Crippen molar-refractivity contribution in [3.63, 3.8) is 0 Å². The number of halogens is 1. The van der Waals surface area contributed by atoms with Crippen molar-refractivity contribution >= 4 is 29.9 Å². The molecular formula is C24H32IN7O. The fourth-order valence-corrected chi connectivity index (χ4v) is 3.89. The summed E-state index contributed by atoms with van der Waals surface area (Å²) in [4.78, 5) is 15.9. The summed E-state index contributed by atoms with van der Waals surface area (Å²) in [7, 11) is 0. The smallest absolute Gasteiger partial charge is 0.276 e. The van der Waals surface area contributed by atoms with E-state index < -0.39 is 0 Å². The average Bonchev–Trinajstić information content (AvgIpc) is 3.30. The Morgan fingerprint density at radius 1 is 1.18 bits per heavy atom. The lowest BCUT2D eigenvalue weighted by atomic mass is 10.0. The minimum Gasteiger partial charge on any atom is -0.357 e. The lowest BCUT2D eigenvalue weighted by molar-refractivity contribution is 0.192. The van der Waals surface area contributed by atoms with Gasteiger partial charge in [0.05, 0.1) is 0 Å². The van der Waals surface area contributed by atoms with Crippen molar-refractivity contribution in [1.29, 1.82) is 0 Å². The molecule has 1 saturated heterocycles. The summed E-state index contributed by atoms with van der Waals surface area (Å²) < 4.78 is 5.33.